The van der Waals surface area contributed by atoms with E-state index in [0.717, 1.165) is 37.6 Å². The minimum absolute atomic E-state index is 0.283. The summed E-state index contributed by atoms with van der Waals surface area (Å²) in [4.78, 5) is 6.25. The van der Waals surface area contributed by atoms with E-state index in [1.807, 2.05) is 0 Å². The second-order valence-electron chi connectivity index (χ2n) is 3.92. The number of hydrogen-bond acceptors (Lipinski definition) is 2. The molecule has 0 saturated carbocycles. The number of piperidine rings is 1. The van der Waals surface area contributed by atoms with Gasteiger partial charge in [-0.1, -0.05) is 0 Å². The average Bonchev–Trinajstić information content (AvgIpc) is 2.30. The summed E-state index contributed by atoms with van der Waals surface area (Å²) in [6.07, 6.45) is 3.47. The van der Waals surface area contributed by atoms with Gasteiger partial charge in [0, 0.05) is 19.0 Å². The van der Waals surface area contributed by atoms with Gasteiger partial charge in [-0.25, -0.2) is 9.37 Å². The maximum atomic E-state index is 12.7. The molecule has 1 aromatic heterocycles. The van der Waals surface area contributed by atoms with Crippen LogP contribution in [0.3, 0.4) is 0 Å². The van der Waals surface area contributed by atoms with Crippen LogP contribution in [0.15, 0.2) is 18.3 Å². The molecule has 0 aromatic carbocycles. The lowest BCUT2D eigenvalue weighted by molar-refractivity contribution is 0.440. The van der Waals surface area contributed by atoms with Gasteiger partial charge in [-0.2, -0.15) is 0 Å². The summed E-state index contributed by atoms with van der Waals surface area (Å²) in [7, 11) is 0. The van der Waals surface area contributed by atoms with E-state index in [4.69, 9.17) is 11.6 Å². The number of alkyl halides is 1. The quantitative estimate of drug-likeness (QED) is 0.724. The van der Waals surface area contributed by atoms with Crippen LogP contribution in [0.2, 0.25) is 0 Å². The molecule has 0 aliphatic carbocycles. The zero-order chi connectivity index (χ0) is 10.7. The van der Waals surface area contributed by atoms with E-state index >= 15 is 0 Å². The Balaban J connectivity index is 1.98. The Labute approximate surface area is 94.1 Å². The predicted octanol–water partition coefficient (Wildman–Crippen LogP) is 2.68. The van der Waals surface area contributed by atoms with Gasteiger partial charge in [0.05, 0.1) is 6.20 Å². The van der Waals surface area contributed by atoms with Crippen LogP contribution in [0.5, 0.6) is 0 Å². The number of rotatable bonds is 2. The first-order valence-electron chi connectivity index (χ1n) is 5.22. The number of nitrogens with zero attached hydrogens (tertiary/aromatic N) is 2. The first-order valence-corrected chi connectivity index (χ1v) is 5.75. The fourth-order valence-corrected chi connectivity index (χ4v) is 2.18. The topological polar surface area (TPSA) is 16.1 Å². The number of aromatic nitrogens is 1. The van der Waals surface area contributed by atoms with Crippen molar-refractivity contribution in [3.8, 4) is 0 Å². The number of anilines is 1. The Kier molecular flexibility index (Phi) is 3.41. The molecule has 4 heteroatoms. The molecule has 1 aromatic rings. The van der Waals surface area contributed by atoms with Crippen molar-refractivity contribution in [2.45, 2.75) is 12.8 Å². The highest BCUT2D eigenvalue weighted by atomic mass is 35.5. The van der Waals surface area contributed by atoms with Gasteiger partial charge in [0.15, 0.2) is 0 Å². The van der Waals surface area contributed by atoms with Gasteiger partial charge in [0.1, 0.15) is 11.6 Å². The van der Waals surface area contributed by atoms with Crippen molar-refractivity contribution in [3.05, 3.63) is 24.1 Å². The minimum Gasteiger partial charge on any atom is -0.357 e. The monoisotopic (exact) mass is 228 g/mol. The molecule has 0 unspecified atom stereocenters. The maximum absolute atomic E-state index is 12.7. The summed E-state index contributed by atoms with van der Waals surface area (Å²) < 4.78 is 12.7. The van der Waals surface area contributed by atoms with Crippen LogP contribution >= 0.6 is 11.6 Å². The van der Waals surface area contributed by atoms with E-state index in [2.05, 4.69) is 9.88 Å². The third-order valence-electron chi connectivity index (χ3n) is 2.87. The zero-order valence-electron chi connectivity index (χ0n) is 8.50. The summed E-state index contributed by atoms with van der Waals surface area (Å²) in [5.74, 6) is 1.95. The molecule has 2 rings (SSSR count). The smallest absolute Gasteiger partial charge is 0.141 e. The molecule has 0 bridgehead atoms. The largest absolute Gasteiger partial charge is 0.357 e. The number of pyridine rings is 1. The van der Waals surface area contributed by atoms with Gasteiger partial charge in [0.2, 0.25) is 0 Å². The highest BCUT2D eigenvalue weighted by Gasteiger charge is 2.19. The molecular weight excluding hydrogens is 215 g/mol. The fraction of sp³-hybridized carbons (Fsp3) is 0.545. The Hall–Kier alpha value is -0.830. The van der Waals surface area contributed by atoms with Crippen LogP contribution in [0, 0.1) is 11.7 Å². The van der Waals surface area contributed by atoms with Crippen LogP contribution in [0.25, 0.3) is 0 Å². The summed E-state index contributed by atoms with van der Waals surface area (Å²) in [5.41, 5.74) is 0. The van der Waals surface area contributed by atoms with Gasteiger partial charge >= 0.3 is 0 Å². The minimum atomic E-state index is -0.283. The lowest BCUT2D eigenvalue weighted by Crippen LogP contribution is -2.34. The zero-order valence-corrected chi connectivity index (χ0v) is 9.25. The van der Waals surface area contributed by atoms with Crippen molar-refractivity contribution in [2.75, 3.05) is 23.9 Å². The second-order valence-corrected chi connectivity index (χ2v) is 4.23. The van der Waals surface area contributed by atoms with Crippen molar-refractivity contribution < 1.29 is 4.39 Å². The molecule has 0 atom stereocenters. The molecule has 0 radical (unpaired) electrons. The van der Waals surface area contributed by atoms with E-state index in [1.165, 1.54) is 12.3 Å². The van der Waals surface area contributed by atoms with Crippen LogP contribution in [-0.4, -0.2) is 24.0 Å². The van der Waals surface area contributed by atoms with Gasteiger partial charge in [-0.05, 0) is 30.9 Å². The van der Waals surface area contributed by atoms with Crippen molar-refractivity contribution in [1.29, 1.82) is 0 Å². The van der Waals surface area contributed by atoms with Crippen LogP contribution < -0.4 is 4.90 Å². The lowest BCUT2D eigenvalue weighted by Gasteiger charge is -2.31. The molecule has 0 N–H and O–H groups in total. The van der Waals surface area contributed by atoms with Crippen molar-refractivity contribution in [2.24, 2.45) is 5.92 Å². The number of hydrogen-bond donors (Lipinski definition) is 0. The highest BCUT2D eigenvalue weighted by molar-refractivity contribution is 6.18. The molecule has 1 fully saturated rings. The van der Waals surface area contributed by atoms with Crippen LogP contribution in [0.4, 0.5) is 10.2 Å². The Morgan fingerprint density at radius 1 is 1.40 bits per heavy atom. The predicted molar refractivity (Wildman–Crippen MR) is 59.9 cm³/mol. The summed E-state index contributed by atoms with van der Waals surface area (Å²) in [6, 6.07) is 3.19. The standard InChI is InChI=1S/C11H14ClFN2/c12-7-9-3-5-15(6-4-9)11-2-1-10(13)8-14-11/h1-2,8-9H,3-7H2. The van der Waals surface area contributed by atoms with Gasteiger partial charge in [-0.3, -0.25) is 0 Å². The molecule has 0 spiro atoms. The molecule has 82 valence electrons. The average molecular weight is 229 g/mol. The Bertz CT molecular complexity index is 307. The normalized spacial score (nSPS) is 18.1. The Morgan fingerprint density at radius 3 is 2.67 bits per heavy atom. The highest BCUT2D eigenvalue weighted by Crippen LogP contribution is 2.22. The van der Waals surface area contributed by atoms with Crippen LogP contribution in [0.1, 0.15) is 12.8 Å². The molecule has 15 heavy (non-hydrogen) atoms. The summed E-state index contributed by atoms with van der Waals surface area (Å²) in [5, 5.41) is 0. The van der Waals surface area contributed by atoms with Gasteiger partial charge in [0.25, 0.3) is 0 Å². The lowest BCUT2D eigenvalue weighted by atomic mass is 9.99. The van der Waals surface area contributed by atoms with E-state index in [0.29, 0.717) is 5.92 Å². The molecule has 1 saturated heterocycles. The van der Waals surface area contributed by atoms with Crippen molar-refractivity contribution in [1.82, 2.24) is 4.98 Å². The van der Waals surface area contributed by atoms with Gasteiger partial charge in [-0.15, -0.1) is 11.6 Å². The summed E-state index contributed by atoms with van der Waals surface area (Å²) in [6.45, 7) is 1.94. The van der Waals surface area contributed by atoms with E-state index in [1.54, 1.807) is 6.07 Å². The molecular formula is C11H14ClFN2. The summed E-state index contributed by atoms with van der Waals surface area (Å²) >= 11 is 5.81. The first kappa shape index (κ1) is 10.7. The third kappa shape index (κ3) is 2.59. The molecule has 2 heterocycles. The van der Waals surface area contributed by atoms with E-state index in [9.17, 15) is 4.39 Å². The molecule has 1 aliphatic rings. The van der Waals surface area contributed by atoms with Crippen molar-refractivity contribution in [3.63, 3.8) is 0 Å². The number of halogens is 2. The third-order valence-corrected chi connectivity index (χ3v) is 3.30. The SMILES string of the molecule is Fc1ccc(N2CCC(CCl)CC2)nc1. The molecule has 0 amide bonds. The van der Waals surface area contributed by atoms with Crippen LogP contribution in [-0.2, 0) is 0 Å². The fourth-order valence-electron chi connectivity index (χ4n) is 1.87. The molecule has 2 nitrogen and oxygen atoms in total. The maximum Gasteiger partial charge on any atom is 0.141 e. The second kappa shape index (κ2) is 4.79. The van der Waals surface area contributed by atoms with Crippen molar-refractivity contribution >= 4 is 17.4 Å². The van der Waals surface area contributed by atoms with Gasteiger partial charge < -0.3 is 4.90 Å². The van der Waals surface area contributed by atoms with E-state index < -0.39 is 0 Å². The Morgan fingerprint density at radius 2 is 2.13 bits per heavy atom. The van der Waals surface area contributed by atoms with E-state index in [-0.39, 0.29) is 5.82 Å². The molecule has 1 aliphatic heterocycles. The first-order chi connectivity index (χ1) is 7.29.